The summed E-state index contributed by atoms with van der Waals surface area (Å²) < 4.78 is 109. The number of carbonyl (C=O) groups is 1. The highest BCUT2D eigenvalue weighted by Crippen LogP contribution is 2.45. The Bertz CT molecular complexity index is 1520. The second-order valence-corrected chi connectivity index (χ2v) is 10.4. The number of carbonyl (C=O) groups excluding carboxylic acids is 1. The van der Waals surface area contributed by atoms with Crippen molar-refractivity contribution in [2.45, 2.75) is 29.6 Å². The lowest BCUT2D eigenvalue weighted by Crippen LogP contribution is -2.22. The van der Waals surface area contributed by atoms with Crippen molar-refractivity contribution in [2.75, 3.05) is 11.9 Å². The number of hydrogen-bond donors (Lipinski definition) is 2. The molecule has 0 saturated heterocycles. The smallest absolute Gasteiger partial charge is 0.417 e. The Morgan fingerprint density at radius 3 is 2.32 bits per heavy atom. The predicted octanol–water partition coefficient (Wildman–Crippen LogP) is 6.19. The standard InChI is InChI=1S/C24H17ClF6N2O4S/c25-20-11-18(22(34)33-13-2-1-3-14(9-13)38(32,35)36)17(10-19(20)24(29,30)31)15-6-7-37-21-8-12(23(26,27)28)4-5-16(15)21/h1-5,8-11,15H,6-7H2,(H,33,34)(H2,32,35,36). The van der Waals surface area contributed by atoms with E-state index in [2.05, 4.69) is 5.32 Å². The van der Waals surface area contributed by atoms with Gasteiger partial charge < -0.3 is 10.1 Å². The second-order valence-electron chi connectivity index (χ2n) is 8.38. The fourth-order valence-electron chi connectivity index (χ4n) is 4.13. The van der Waals surface area contributed by atoms with Gasteiger partial charge in [0.1, 0.15) is 5.75 Å². The van der Waals surface area contributed by atoms with E-state index in [0.29, 0.717) is 6.07 Å². The van der Waals surface area contributed by atoms with Gasteiger partial charge in [-0.1, -0.05) is 23.7 Å². The summed E-state index contributed by atoms with van der Waals surface area (Å²) >= 11 is 5.88. The molecular formula is C24H17ClF6N2O4S. The third kappa shape index (κ3) is 5.74. The molecule has 0 fully saturated rings. The molecule has 1 unspecified atom stereocenters. The van der Waals surface area contributed by atoms with Gasteiger partial charge in [-0.3, -0.25) is 4.79 Å². The van der Waals surface area contributed by atoms with Crippen molar-refractivity contribution < 1.29 is 44.3 Å². The summed E-state index contributed by atoms with van der Waals surface area (Å²) in [6.07, 6.45) is -9.51. The lowest BCUT2D eigenvalue weighted by molar-refractivity contribution is -0.138. The van der Waals surface area contributed by atoms with Gasteiger partial charge in [0.05, 0.1) is 27.7 Å². The van der Waals surface area contributed by atoms with Gasteiger partial charge in [0.25, 0.3) is 5.91 Å². The average Bonchev–Trinajstić information content (AvgIpc) is 2.81. The Kier molecular flexibility index (Phi) is 7.14. The number of amides is 1. The number of anilines is 1. The van der Waals surface area contributed by atoms with Crippen LogP contribution in [-0.4, -0.2) is 20.9 Å². The van der Waals surface area contributed by atoms with Crippen molar-refractivity contribution in [3.8, 4) is 5.75 Å². The van der Waals surface area contributed by atoms with Gasteiger partial charge in [-0.25, -0.2) is 13.6 Å². The van der Waals surface area contributed by atoms with Crippen molar-refractivity contribution in [1.82, 2.24) is 0 Å². The SMILES string of the molecule is NS(=O)(=O)c1cccc(NC(=O)c2cc(Cl)c(C(F)(F)F)cc2C2CCOc3cc(C(F)(F)F)ccc32)c1. The van der Waals surface area contributed by atoms with Crippen LogP contribution in [0.15, 0.2) is 59.5 Å². The van der Waals surface area contributed by atoms with E-state index in [4.69, 9.17) is 21.5 Å². The Hall–Kier alpha value is -3.29. The fraction of sp³-hybridized carbons (Fsp3) is 0.208. The van der Waals surface area contributed by atoms with E-state index in [9.17, 15) is 39.6 Å². The summed E-state index contributed by atoms with van der Waals surface area (Å²) in [5.74, 6) is -2.05. The van der Waals surface area contributed by atoms with Crippen LogP contribution < -0.4 is 15.2 Å². The van der Waals surface area contributed by atoms with Gasteiger partial charge in [0.2, 0.25) is 10.0 Å². The molecule has 3 aromatic rings. The second kappa shape index (κ2) is 9.79. The topological polar surface area (TPSA) is 98.5 Å². The molecule has 0 radical (unpaired) electrons. The maximum absolute atomic E-state index is 13.7. The van der Waals surface area contributed by atoms with E-state index in [1.54, 1.807) is 0 Å². The van der Waals surface area contributed by atoms with Crippen molar-refractivity contribution in [2.24, 2.45) is 5.14 Å². The molecule has 0 spiro atoms. The largest absolute Gasteiger partial charge is 0.493 e. The average molecular weight is 579 g/mol. The van der Waals surface area contributed by atoms with Crippen molar-refractivity contribution in [3.63, 3.8) is 0 Å². The lowest BCUT2D eigenvalue weighted by Gasteiger charge is -2.29. The van der Waals surface area contributed by atoms with E-state index in [0.717, 1.165) is 30.3 Å². The zero-order valence-electron chi connectivity index (χ0n) is 19.0. The number of ether oxygens (including phenoxy) is 1. The number of halogens is 7. The van der Waals surface area contributed by atoms with Crippen LogP contribution in [0.3, 0.4) is 0 Å². The summed E-state index contributed by atoms with van der Waals surface area (Å²) in [7, 11) is -4.12. The van der Waals surface area contributed by atoms with Gasteiger partial charge in [-0.15, -0.1) is 0 Å². The maximum atomic E-state index is 13.7. The van der Waals surface area contributed by atoms with Gasteiger partial charge in [0, 0.05) is 22.7 Å². The van der Waals surface area contributed by atoms with E-state index in [-0.39, 0.29) is 46.1 Å². The quantitative estimate of drug-likeness (QED) is 0.361. The highest BCUT2D eigenvalue weighted by Gasteiger charge is 2.38. The number of alkyl halides is 6. The first kappa shape index (κ1) is 27.7. The summed E-state index contributed by atoms with van der Waals surface area (Å²) in [4.78, 5) is 12.9. The monoisotopic (exact) mass is 578 g/mol. The van der Waals surface area contributed by atoms with Crippen LogP contribution in [0.5, 0.6) is 5.75 Å². The molecule has 1 atom stereocenters. The summed E-state index contributed by atoms with van der Waals surface area (Å²) in [6, 6.07) is 9.00. The minimum absolute atomic E-state index is 0.0225. The molecule has 3 N–H and O–H groups in total. The van der Waals surface area contributed by atoms with E-state index in [1.165, 1.54) is 18.2 Å². The van der Waals surface area contributed by atoms with Crippen molar-refractivity contribution in [3.05, 3.63) is 87.4 Å². The van der Waals surface area contributed by atoms with Crippen LogP contribution in [0.4, 0.5) is 32.0 Å². The van der Waals surface area contributed by atoms with E-state index >= 15 is 0 Å². The third-order valence-electron chi connectivity index (χ3n) is 5.87. The third-order valence-corrected chi connectivity index (χ3v) is 7.09. The molecule has 3 aromatic carbocycles. The number of fused-ring (bicyclic) bond motifs is 1. The minimum Gasteiger partial charge on any atom is -0.493 e. The molecule has 6 nitrogen and oxygen atoms in total. The highest BCUT2D eigenvalue weighted by atomic mass is 35.5. The van der Waals surface area contributed by atoms with Gasteiger partial charge in [-0.2, -0.15) is 26.3 Å². The number of benzene rings is 3. The molecule has 38 heavy (non-hydrogen) atoms. The molecule has 14 heteroatoms. The number of rotatable bonds is 4. The first-order valence-corrected chi connectivity index (χ1v) is 12.7. The molecule has 1 heterocycles. The molecule has 0 saturated carbocycles. The van der Waals surface area contributed by atoms with Gasteiger partial charge in [0.15, 0.2) is 0 Å². The first-order chi connectivity index (χ1) is 17.6. The van der Waals surface area contributed by atoms with Crippen LogP contribution in [0.2, 0.25) is 5.02 Å². The zero-order chi connectivity index (χ0) is 28.0. The van der Waals surface area contributed by atoms with Gasteiger partial charge in [-0.05, 0) is 54.4 Å². The molecule has 1 aliphatic heterocycles. The molecule has 1 amide bonds. The maximum Gasteiger partial charge on any atom is 0.417 e. The summed E-state index contributed by atoms with van der Waals surface area (Å²) in [5.41, 5.74) is -2.54. The number of nitrogens with two attached hydrogens (primary N) is 1. The van der Waals surface area contributed by atoms with Crippen LogP contribution in [-0.2, 0) is 22.4 Å². The normalized spacial score (nSPS) is 15.9. The zero-order valence-corrected chi connectivity index (χ0v) is 20.5. The molecular weight excluding hydrogens is 562 g/mol. The Labute approximate surface area is 217 Å². The Morgan fingerprint density at radius 1 is 0.974 bits per heavy atom. The minimum atomic E-state index is -4.89. The molecule has 0 aromatic heterocycles. The van der Waals surface area contributed by atoms with E-state index < -0.39 is 50.4 Å². The van der Waals surface area contributed by atoms with Gasteiger partial charge >= 0.3 is 12.4 Å². The molecule has 0 bridgehead atoms. The summed E-state index contributed by atoms with van der Waals surface area (Å²) in [6.45, 7) is -0.125. The highest BCUT2D eigenvalue weighted by molar-refractivity contribution is 7.89. The van der Waals surface area contributed by atoms with Crippen LogP contribution in [0, 0.1) is 0 Å². The van der Waals surface area contributed by atoms with Crippen LogP contribution in [0.1, 0.15) is 45.0 Å². The molecule has 1 aliphatic rings. The first-order valence-electron chi connectivity index (χ1n) is 10.7. The number of primary sulfonamides is 1. The number of hydrogen-bond acceptors (Lipinski definition) is 4. The molecule has 4 rings (SSSR count). The van der Waals surface area contributed by atoms with Crippen molar-refractivity contribution in [1.29, 1.82) is 0 Å². The van der Waals surface area contributed by atoms with Crippen molar-refractivity contribution >= 4 is 33.2 Å². The van der Waals surface area contributed by atoms with Crippen LogP contribution in [0.25, 0.3) is 0 Å². The number of sulfonamides is 1. The van der Waals surface area contributed by atoms with Crippen LogP contribution >= 0.6 is 11.6 Å². The Morgan fingerprint density at radius 2 is 1.68 bits per heavy atom. The molecule has 202 valence electrons. The number of nitrogens with one attached hydrogen (secondary N) is 1. The fourth-order valence-corrected chi connectivity index (χ4v) is 4.96. The molecule has 0 aliphatic carbocycles. The summed E-state index contributed by atoms with van der Waals surface area (Å²) in [5, 5.41) is 6.74. The lowest BCUT2D eigenvalue weighted by atomic mass is 9.82. The van der Waals surface area contributed by atoms with E-state index in [1.807, 2.05) is 0 Å². The predicted molar refractivity (Wildman–Crippen MR) is 126 cm³/mol. The Balaban J connectivity index is 1.83.